The molecule has 2 aromatic heterocycles. The number of benzene rings is 1. The van der Waals surface area contributed by atoms with E-state index in [-0.39, 0.29) is 5.69 Å². The van der Waals surface area contributed by atoms with Crippen LogP contribution in [0.2, 0.25) is 0 Å². The van der Waals surface area contributed by atoms with E-state index in [9.17, 15) is 10.1 Å². The van der Waals surface area contributed by atoms with Crippen LogP contribution < -0.4 is 0 Å². The highest BCUT2D eigenvalue weighted by Gasteiger charge is 2.07. The van der Waals surface area contributed by atoms with E-state index in [1.54, 1.807) is 29.2 Å². The summed E-state index contributed by atoms with van der Waals surface area (Å²) < 4.78 is 1.73. The number of aromatic nitrogens is 4. The van der Waals surface area contributed by atoms with Crippen molar-refractivity contribution >= 4 is 16.7 Å². The molecule has 2 heterocycles. The molecule has 1 aromatic carbocycles. The van der Waals surface area contributed by atoms with Crippen molar-refractivity contribution in [1.29, 1.82) is 0 Å². The third kappa shape index (κ3) is 2.13. The van der Waals surface area contributed by atoms with Crippen LogP contribution >= 0.6 is 0 Å². The molecule has 0 atom stereocenters. The number of nitro benzene ring substituents is 1. The number of non-ortho nitro benzene ring substituents is 1. The molecule has 0 radical (unpaired) electrons. The summed E-state index contributed by atoms with van der Waals surface area (Å²) in [6.45, 7) is 0.512. The molecule has 0 fully saturated rings. The third-order valence-electron chi connectivity index (χ3n) is 2.78. The van der Waals surface area contributed by atoms with E-state index in [0.29, 0.717) is 6.54 Å². The normalized spacial score (nSPS) is 10.7. The van der Waals surface area contributed by atoms with Gasteiger partial charge in [-0.2, -0.15) is 5.10 Å². The van der Waals surface area contributed by atoms with Crippen LogP contribution in [0.3, 0.4) is 0 Å². The Kier molecular flexibility index (Phi) is 2.64. The predicted octanol–water partition coefficient (Wildman–Crippen LogP) is 1.78. The molecule has 0 bridgehead atoms. The molecule has 7 nitrogen and oxygen atoms in total. The first kappa shape index (κ1) is 11.3. The zero-order valence-corrected chi connectivity index (χ0v) is 9.80. The van der Waals surface area contributed by atoms with E-state index in [0.717, 1.165) is 16.6 Å². The summed E-state index contributed by atoms with van der Waals surface area (Å²) in [4.78, 5) is 18.2. The van der Waals surface area contributed by atoms with Gasteiger partial charge in [0.25, 0.3) is 5.69 Å². The molecule has 0 saturated heterocycles. The minimum Gasteiger partial charge on any atom is -0.258 e. The standard InChI is InChI=1S/C12H9N5O2/c18-17(19)11-3-1-9(2-4-11)7-16-12-10(6-15-16)5-13-8-14-12/h1-6,8H,7H2. The number of hydrogen-bond donors (Lipinski definition) is 0. The first-order valence-electron chi connectivity index (χ1n) is 5.59. The topological polar surface area (TPSA) is 86.7 Å². The quantitative estimate of drug-likeness (QED) is 0.526. The molecule has 0 unspecified atom stereocenters. The monoisotopic (exact) mass is 255 g/mol. The summed E-state index contributed by atoms with van der Waals surface area (Å²) >= 11 is 0. The Morgan fingerprint density at radius 2 is 2.00 bits per heavy atom. The molecule has 19 heavy (non-hydrogen) atoms. The van der Waals surface area contributed by atoms with Crippen molar-refractivity contribution in [2.24, 2.45) is 0 Å². The molecule has 94 valence electrons. The highest BCUT2D eigenvalue weighted by molar-refractivity contribution is 5.72. The zero-order chi connectivity index (χ0) is 13.2. The van der Waals surface area contributed by atoms with Gasteiger partial charge in [-0.25, -0.2) is 14.6 Å². The summed E-state index contributed by atoms with van der Waals surface area (Å²) in [6, 6.07) is 6.39. The lowest BCUT2D eigenvalue weighted by Gasteiger charge is -2.02. The van der Waals surface area contributed by atoms with E-state index >= 15 is 0 Å². The Labute approximate surface area is 107 Å². The highest BCUT2D eigenvalue weighted by atomic mass is 16.6. The van der Waals surface area contributed by atoms with E-state index in [1.807, 2.05) is 0 Å². The molecule has 3 aromatic rings. The minimum atomic E-state index is -0.416. The fraction of sp³-hybridized carbons (Fsp3) is 0.0833. The summed E-state index contributed by atoms with van der Waals surface area (Å²) in [7, 11) is 0. The van der Waals surface area contributed by atoms with Crippen molar-refractivity contribution in [3.05, 3.63) is 58.7 Å². The van der Waals surface area contributed by atoms with Gasteiger partial charge in [0, 0.05) is 18.3 Å². The van der Waals surface area contributed by atoms with Gasteiger partial charge < -0.3 is 0 Å². The molecule has 7 heteroatoms. The van der Waals surface area contributed by atoms with Gasteiger partial charge in [-0.3, -0.25) is 10.1 Å². The number of rotatable bonds is 3. The lowest BCUT2D eigenvalue weighted by atomic mass is 10.2. The summed E-state index contributed by atoms with van der Waals surface area (Å²) in [5.74, 6) is 0. The van der Waals surface area contributed by atoms with Gasteiger partial charge in [-0.05, 0) is 5.56 Å². The Hall–Kier alpha value is -2.83. The Morgan fingerprint density at radius 3 is 2.74 bits per heavy atom. The first-order chi connectivity index (χ1) is 9.24. The lowest BCUT2D eigenvalue weighted by Crippen LogP contribution is -2.02. The predicted molar refractivity (Wildman–Crippen MR) is 67.5 cm³/mol. The Balaban J connectivity index is 1.90. The second kappa shape index (κ2) is 4.45. The molecule has 0 amide bonds. The maximum atomic E-state index is 10.6. The van der Waals surface area contributed by atoms with Gasteiger partial charge in [0.1, 0.15) is 6.33 Å². The van der Waals surface area contributed by atoms with Crippen LogP contribution in [0.5, 0.6) is 0 Å². The lowest BCUT2D eigenvalue weighted by molar-refractivity contribution is -0.384. The van der Waals surface area contributed by atoms with Gasteiger partial charge >= 0.3 is 0 Å². The molecule has 0 N–H and O–H groups in total. The first-order valence-corrected chi connectivity index (χ1v) is 5.59. The van der Waals surface area contributed by atoms with E-state index in [2.05, 4.69) is 15.1 Å². The van der Waals surface area contributed by atoms with Crippen molar-refractivity contribution in [3.8, 4) is 0 Å². The average molecular weight is 255 g/mol. The molecule has 0 aliphatic heterocycles. The van der Waals surface area contributed by atoms with Crippen molar-refractivity contribution in [2.45, 2.75) is 6.54 Å². The summed E-state index contributed by atoms with van der Waals surface area (Å²) in [6.07, 6.45) is 4.86. The molecule has 0 aliphatic carbocycles. The van der Waals surface area contributed by atoms with Crippen LogP contribution in [0.1, 0.15) is 5.56 Å². The maximum Gasteiger partial charge on any atom is 0.269 e. The second-order valence-corrected chi connectivity index (χ2v) is 4.03. The van der Waals surface area contributed by atoms with Crippen molar-refractivity contribution < 1.29 is 4.92 Å². The van der Waals surface area contributed by atoms with Gasteiger partial charge in [0.05, 0.1) is 23.1 Å². The van der Waals surface area contributed by atoms with Crippen molar-refractivity contribution in [1.82, 2.24) is 19.7 Å². The minimum absolute atomic E-state index is 0.0800. The Bertz CT molecular complexity index is 735. The van der Waals surface area contributed by atoms with Crippen LogP contribution in [0.15, 0.2) is 43.0 Å². The van der Waals surface area contributed by atoms with E-state index in [4.69, 9.17) is 0 Å². The van der Waals surface area contributed by atoms with Gasteiger partial charge in [-0.1, -0.05) is 12.1 Å². The highest BCUT2D eigenvalue weighted by Crippen LogP contribution is 2.14. The fourth-order valence-electron chi connectivity index (χ4n) is 1.84. The summed E-state index contributed by atoms with van der Waals surface area (Å²) in [5.41, 5.74) is 1.75. The molecule has 0 spiro atoms. The van der Waals surface area contributed by atoms with Crippen LogP contribution in [0, 0.1) is 10.1 Å². The van der Waals surface area contributed by atoms with Gasteiger partial charge in [-0.15, -0.1) is 0 Å². The van der Waals surface area contributed by atoms with Crippen LogP contribution in [0.4, 0.5) is 5.69 Å². The molecule has 0 saturated carbocycles. The number of nitrogens with zero attached hydrogens (tertiary/aromatic N) is 5. The van der Waals surface area contributed by atoms with Gasteiger partial charge in [0.15, 0.2) is 5.65 Å². The number of nitro groups is 1. The second-order valence-electron chi connectivity index (χ2n) is 4.03. The van der Waals surface area contributed by atoms with Crippen molar-refractivity contribution in [2.75, 3.05) is 0 Å². The number of fused-ring (bicyclic) bond motifs is 1. The van der Waals surface area contributed by atoms with Crippen LogP contribution in [-0.4, -0.2) is 24.7 Å². The maximum absolute atomic E-state index is 10.6. The molecular formula is C12H9N5O2. The molecular weight excluding hydrogens is 246 g/mol. The van der Waals surface area contributed by atoms with Crippen molar-refractivity contribution in [3.63, 3.8) is 0 Å². The molecule has 3 rings (SSSR count). The van der Waals surface area contributed by atoms with Crippen LogP contribution in [0.25, 0.3) is 11.0 Å². The third-order valence-corrected chi connectivity index (χ3v) is 2.78. The summed E-state index contributed by atoms with van der Waals surface area (Å²) in [5, 5.41) is 15.7. The smallest absolute Gasteiger partial charge is 0.258 e. The average Bonchev–Trinajstić information content (AvgIpc) is 2.83. The number of hydrogen-bond acceptors (Lipinski definition) is 5. The Morgan fingerprint density at radius 1 is 1.21 bits per heavy atom. The van der Waals surface area contributed by atoms with Crippen LogP contribution in [-0.2, 0) is 6.54 Å². The van der Waals surface area contributed by atoms with Gasteiger partial charge in [0.2, 0.25) is 0 Å². The fourth-order valence-corrected chi connectivity index (χ4v) is 1.84. The molecule has 0 aliphatic rings. The SMILES string of the molecule is O=[N+]([O-])c1ccc(Cn2ncc3cncnc32)cc1. The zero-order valence-electron chi connectivity index (χ0n) is 9.80. The van der Waals surface area contributed by atoms with E-state index < -0.39 is 4.92 Å². The largest absolute Gasteiger partial charge is 0.269 e. The van der Waals surface area contributed by atoms with E-state index in [1.165, 1.54) is 18.5 Å².